The number of thiazole rings is 1. The van der Waals surface area contributed by atoms with Crippen LogP contribution in [0.1, 0.15) is 22.0 Å². The minimum Gasteiger partial charge on any atom is -0.486 e. The summed E-state index contributed by atoms with van der Waals surface area (Å²) in [5.41, 5.74) is 3.01. The summed E-state index contributed by atoms with van der Waals surface area (Å²) in [5.74, 6) is 8.98. The average molecular weight is 414 g/mol. The Morgan fingerprint density at radius 2 is 2.00 bits per heavy atom. The molecule has 0 saturated heterocycles. The van der Waals surface area contributed by atoms with E-state index in [0.29, 0.717) is 23.3 Å². The van der Waals surface area contributed by atoms with Crippen LogP contribution in [-0.4, -0.2) is 19.9 Å². The van der Waals surface area contributed by atoms with Crippen molar-refractivity contribution in [3.05, 3.63) is 64.0 Å². The third kappa shape index (κ3) is 4.05. The molecule has 0 saturated carbocycles. The molecular formula is C19H19N5O2S2. The van der Waals surface area contributed by atoms with Crippen LogP contribution in [0.3, 0.4) is 0 Å². The second-order valence-corrected chi connectivity index (χ2v) is 8.07. The van der Waals surface area contributed by atoms with E-state index in [9.17, 15) is 0 Å². The van der Waals surface area contributed by atoms with Crippen LogP contribution in [0.15, 0.2) is 51.5 Å². The molecule has 4 rings (SSSR count). The summed E-state index contributed by atoms with van der Waals surface area (Å²) in [6, 6.07) is 9.82. The molecule has 4 aromatic rings. The number of aromatic nitrogens is 4. The van der Waals surface area contributed by atoms with Crippen LogP contribution in [0.5, 0.6) is 5.75 Å². The van der Waals surface area contributed by atoms with Crippen LogP contribution in [-0.2, 0) is 12.4 Å². The summed E-state index contributed by atoms with van der Waals surface area (Å²) < 4.78 is 12.6. The Morgan fingerprint density at radius 1 is 1.18 bits per heavy atom. The van der Waals surface area contributed by atoms with Crippen molar-refractivity contribution in [2.24, 2.45) is 0 Å². The third-order valence-corrected chi connectivity index (χ3v) is 5.94. The fourth-order valence-electron chi connectivity index (χ4n) is 2.58. The molecule has 9 heteroatoms. The summed E-state index contributed by atoms with van der Waals surface area (Å²) in [6.07, 6.45) is 1.61. The first-order valence-corrected chi connectivity index (χ1v) is 10.5. The molecular weight excluding hydrogens is 394 g/mol. The molecule has 7 nitrogen and oxygen atoms in total. The Kier molecular flexibility index (Phi) is 5.36. The molecule has 28 heavy (non-hydrogen) atoms. The molecule has 1 aromatic carbocycles. The lowest BCUT2D eigenvalue weighted by molar-refractivity contribution is 0.305. The maximum atomic E-state index is 6.15. The maximum Gasteiger partial charge on any atom is 0.210 e. The number of benzene rings is 1. The predicted molar refractivity (Wildman–Crippen MR) is 110 cm³/mol. The maximum absolute atomic E-state index is 6.15. The van der Waals surface area contributed by atoms with E-state index in [4.69, 9.17) is 15.0 Å². The van der Waals surface area contributed by atoms with Gasteiger partial charge >= 0.3 is 0 Å². The summed E-state index contributed by atoms with van der Waals surface area (Å²) in [7, 11) is 0. The fraction of sp³-hybridized carbons (Fsp3) is 0.211. The smallest absolute Gasteiger partial charge is 0.210 e. The highest BCUT2D eigenvalue weighted by Crippen LogP contribution is 2.27. The van der Waals surface area contributed by atoms with Crippen LogP contribution >= 0.6 is 23.1 Å². The first-order chi connectivity index (χ1) is 13.6. The average Bonchev–Trinajstić information content (AvgIpc) is 3.40. The van der Waals surface area contributed by atoms with Gasteiger partial charge in [0.15, 0.2) is 5.82 Å². The van der Waals surface area contributed by atoms with Crippen molar-refractivity contribution in [3.63, 3.8) is 0 Å². The van der Waals surface area contributed by atoms with Crippen LogP contribution in [0.2, 0.25) is 0 Å². The van der Waals surface area contributed by atoms with Crippen LogP contribution in [0, 0.1) is 13.8 Å². The van der Waals surface area contributed by atoms with Crippen molar-refractivity contribution in [2.45, 2.75) is 31.4 Å². The summed E-state index contributed by atoms with van der Waals surface area (Å²) in [4.78, 5) is 4.62. The molecule has 2 N–H and O–H groups in total. The Labute approximate surface area is 170 Å². The van der Waals surface area contributed by atoms with E-state index in [0.717, 1.165) is 27.8 Å². The van der Waals surface area contributed by atoms with E-state index >= 15 is 0 Å². The number of aryl methyl sites for hydroxylation is 2. The molecule has 0 unspecified atom stereocenters. The second-order valence-electron chi connectivity index (χ2n) is 6.19. The summed E-state index contributed by atoms with van der Waals surface area (Å²) >= 11 is 3.07. The van der Waals surface area contributed by atoms with E-state index in [-0.39, 0.29) is 0 Å². The normalized spacial score (nSPS) is 11.1. The quantitative estimate of drug-likeness (QED) is 0.359. The van der Waals surface area contributed by atoms with E-state index in [1.54, 1.807) is 17.6 Å². The van der Waals surface area contributed by atoms with Gasteiger partial charge in [-0.05, 0) is 32.0 Å². The lowest BCUT2D eigenvalue weighted by atomic mass is 10.2. The molecule has 0 radical (unpaired) electrons. The summed E-state index contributed by atoms with van der Waals surface area (Å²) in [6.45, 7) is 4.37. The molecule has 0 atom stereocenters. The zero-order valence-corrected chi connectivity index (χ0v) is 17.1. The Bertz CT molecular complexity index is 1070. The fourth-order valence-corrected chi connectivity index (χ4v) is 4.14. The first-order valence-electron chi connectivity index (χ1n) is 8.60. The minimum atomic E-state index is 0.454. The number of rotatable bonds is 7. The topological polar surface area (TPSA) is 92.0 Å². The molecule has 3 heterocycles. The second kappa shape index (κ2) is 8.07. The Morgan fingerprint density at radius 3 is 2.75 bits per heavy atom. The van der Waals surface area contributed by atoms with Gasteiger partial charge in [0.2, 0.25) is 5.16 Å². The molecule has 0 aliphatic heterocycles. The molecule has 0 amide bonds. The van der Waals surface area contributed by atoms with Crippen molar-refractivity contribution in [2.75, 3.05) is 5.84 Å². The van der Waals surface area contributed by atoms with Gasteiger partial charge in [-0.3, -0.25) is 0 Å². The summed E-state index contributed by atoms with van der Waals surface area (Å²) in [5, 5.41) is 11.9. The number of hydrogen-bond acceptors (Lipinski definition) is 8. The van der Waals surface area contributed by atoms with Crippen molar-refractivity contribution in [1.82, 2.24) is 19.9 Å². The Hall–Kier alpha value is -2.78. The van der Waals surface area contributed by atoms with E-state index < -0.39 is 0 Å². The predicted octanol–water partition coefficient (Wildman–Crippen LogP) is 4.20. The lowest BCUT2D eigenvalue weighted by Crippen LogP contribution is -2.11. The molecule has 0 aliphatic rings. The number of ether oxygens (including phenoxy) is 1. The van der Waals surface area contributed by atoms with Crippen molar-refractivity contribution >= 4 is 23.1 Å². The largest absolute Gasteiger partial charge is 0.486 e. The van der Waals surface area contributed by atoms with Gasteiger partial charge < -0.3 is 15.0 Å². The molecule has 0 spiro atoms. The van der Waals surface area contributed by atoms with Gasteiger partial charge in [0.05, 0.1) is 17.5 Å². The monoisotopic (exact) mass is 413 g/mol. The molecule has 144 valence electrons. The van der Waals surface area contributed by atoms with Gasteiger partial charge in [-0.2, -0.15) is 0 Å². The number of furan rings is 1. The minimum absolute atomic E-state index is 0.454. The zero-order chi connectivity index (χ0) is 19.5. The van der Waals surface area contributed by atoms with Gasteiger partial charge in [0.25, 0.3) is 0 Å². The van der Waals surface area contributed by atoms with Crippen molar-refractivity contribution in [1.29, 1.82) is 0 Å². The van der Waals surface area contributed by atoms with Crippen LogP contribution in [0.25, 0.3) is 11.4 Å². The number of nitrogens with zero attached hydrogens (tertiary/aromatic N) is 4. The van der Waals surface area contributed by atoms with E-state index in [1.165, 1.54) is 22.0 Å². The van der Waals surface area contributed by atoms with Crippen LogP contribution < -0.4 is 10.6 Å². The highest BCUT2D eigenvalue weighted by atomic mass is 32.2. The number of thioether (sulfide) groups is 1. The van der Waals surface area contributed by atoms with Gasteiger partial charge in [0, 0.05) is 11.1 Å². The zero-order valence-electron chi connectivity index (χ0n) is 15.5. The van der Waals surface area contributed by atoms with Crippen molar-refractivity contribution in [3.8, 4) is 17.1 Å². The SMILES string of the molecule is Cc1ccc(OCc2nc(CSc3nnc(-c4ccoc4C)n3N)cs2)cc1. The van der Waals surface area contributed by atoms with Gasteiger partial charge in [-0.1, -0.05) is 29.5 Å². The molecule has 0 bridgehead atoms. The number of nitrogen functional groups attached to an aromatic ring is 1. The number of hydrogen-bond donors (Lipinski definition) is 1. The Balaban J connectivity index is 1.35. The lowest BCUT2D eigenvalue weighted by Gasteiger charge is -2.04. The third-order valence-electron chi connectivity index (χ3n) is 4.10. The van der Waals surface area contributed by atoms with Gasteiger partial charge in [-0.25, -0.2) is 9.66 Å². The first kappa shape index (κ1) is 18.6. The van der Waals surface area contributed by atoms with Gasteiger partial charge in [0.1, 0.15) is 23.1 Å². The van der Waals surface area contributed by atoms with Crippen molar-refractivity contribution < 1.29 is 9.15 Å². The molecule has 3 aromatic heterocycles. The highest BCUT2D eigenvalue weighted by Gasteiger charge is 2.16. The molecule has 0 fully saturated rings. The van der Waals surface area contributed by atoms with Crippen LogP contribution in [0.4, 0.5) is 0 Å². The number of nitrogens with two attached hydrogens (primary N) is 1. The van der Waals surface area contributed by atoms with Gasteiger partial charge in [-0.15, -0.1) is 21.5 Å². The molecule has 0 aliphatic carbocycles. The van der Waals surface area contributed by atoms with E-state index in [1.807, 2.05) is 42.6 Å². The highest BCUT2D eigenvalue weighted by molar-refractivity contribution is 7.98. The van der Waals surface area contributed by atoms with E-state index in [2.05, 4.69) is 22.1 Å². The standard InChI is InChI=1S/C19H19N5O2S2/c1-12-3-5-15(6-4-12)26-9-17-21-14(10-27-17)11-28-19-23-22-18(24(19)20)16-7-8-25-13(16)2/h3-8,10H,9,11,20H2,1-2H3.